The fourth-order valence-electron chi connectivity index (χ4n) is 8.09. The number of amides is 4. The van der Waals surface area contributed by atoms with Crippen molar-refractivity contribution in [1.82, 2.24) is 0 Å². The van der Waals surface area contributed by atoms with Gasteiger partial charge in [0.1, 0.15) is 11.6 Å². The zero-order valence-electron chi connectivity index (χ0n) is 24.4. The van der Waals surface area contributed by atoms with E-state index in [4.69, 9.17) is 23.2 Å². The number of phenols is 1. The smallest absolute Gasteiger partial charge is 0.258 e. The maximum absolute atomic E-state index is 14.6. The quantitative estimate of drug-likeness (QED) is 0.104. The van der Waals surface area contributed by atoms with Gasteiger partial charge in [0.25, 0.3) is 11.8 Å². The van der Waals surface area contributed by atoms with Gasteiger partial charge >= 0.3 is 0 Å². The van der Waals surface area contributed by atoms with Gasteiger partial charge in [-0.15, -0.1) is 23.2 Å². The molecule has 236 valence electrons. The number of allylic oxidation sites excluding steroid dienone is 2. The molecule has 4 aromatic rings. The van der Waals surface area contributed by atoms with Gasteiger partial charge in [-0.3, -0.25) is 24.1 Å². The summed E-state index contributed by atoms with van der Waals surface area (Å²) in [7, 11) is 0. The first kappa shape index (κ1) is 30.5. The minimum absolute atomic E-state index is 0.0872. The summed E-state index contributed by atoms with van der Waals surface area (Å²) >= 11 is 17.0. The first-order valence-corrected chi connectivity index (χ1v) is 16.9. The molecule has 11 heteroatoms. The van der Waals surface area contributed by atoms with Crippen LogP contribution in [-0.2, 0) is 19.2 Å². The van der Waals surface area contributed by atoms with Crippen molar-refractivity contribution < 1.29 is 28.7 Å². The van der Waals surface area contributed by atoms with Gasteiger partial charge in [-0.05, 0) is 95.3 Å². The first-order chi connectivity index (χ1) is 22.5. The largest absolute Gasteiger partial charge is 0.507 e. The van der Waals surface area contributed by atoms with Crippen LogP contribution in [0.25, 0.3) is 10.8 Å². The van der Waals surface area contributed by atoms with E-state index in [1.54, 1.807) is 36.4 Å². The Morgan fingerprint density at radius 2 is 1.45 bits per heavy atom. The van der Waals surface area contributed by atoms with E-state index in [-0.39, 0.29) is 35.7 Å². The number of rotatable bonds is 3. The number of imide groups is 2. The van der Waals surface area contributed by atoms with E-state index in [0.29, 0.717) is 16.6 Å². The Hall–Kier alpha value is -3.80. The fourth-order valence-corrected chi connectivity index (χ4v) is 9.38. The summed E-state index contributed by atoms with van der Waals surface area (Å²) in [4.78, 5) is 54.9. The van der Waals surface area contributed by atoms with E-state index in [2.05, 4.69) is 22.6 Å². The lowest BCUT2D eigenvalue weighted by molar-refractivity contribution is -0.125. The molecule has 2 aliphatic carbocycles. The third-order valence-corrected chi connectivity index (χ3v) is 12.4. The van der Waals surface area contributed by atoms with E-state index in [1.165, 1.54) is 17.0 Å². The molecular formula is C36H24Cl2FIN2O5. The number of carbonyl (C=O) groups excluding carboxylic acids is 4. The molecule has 6 unspecified atom stereocenters. The normalized spacial score (nSPS) is 30.0. The van der Waals surface area contributed by atoms with Gasteiger partial charge in [0.15, 0.2) is 9.75 Å². The van der Waals surface area contributed by atoms with Crippen LogP contribution in [0.2, 0.25) is 0 Å². The summed E-state index contributed by atoms with van der Waals surface area (Å²) < 4.78 is 14.8. The van der Waals surface area contributed by atoms with E-state index in [0.717, 1.165) is 26.0 Å². The topological polar surface area (TPSA) is 95.0 Å². The number of phenolic OH excluding ortho intramolecular Hbond substituents is 1. The molecule has 7 nitrogen and oxygen atoms in total. The van der Waals surface area contributed by atoms with Crippen LogP contribution >= 0.6 is 45.8 Å². The molecule has 3 fully saturated rings. The van der Waals surface area contributed by atoms with Crippen LogP contribution in [0.15, 0.2) is 96.6 Å². The number of hydrogen-bond acceptors (Lipinski definition) is 5. The van der Waals surface area contributed by atoms with Crippen molar-refractivity contribution in [3.8, 4) is 5.75 Å². The second-order valence-electron chi connectivity index (χ2n) is 12.5. The summed E-state index contributed by atoms with van der Waals surface area (Å²) in [5.41, 5.74) is 1.37. The molecule has 0 bridgehead atoms. The standard InChI is InChI=1S/C36H24Cl2FIN2O5/c37-35-17-27-24(15-16-25-28(27)32(45)41(31(25)44)21-12-8-20(40)9-13-21)29(26-14-5-18-3-1-2-4-23(18)30(26)43)36(35,38)34(47)42(33(35)46)22-10-6-19(39)7-11-22/h1-15,25,27-29,43H,16-17H2. The van der Waals surface area contributed by atoms with Crippen molar-refractivity contribution in [2.24, 2.45) is 17.8 Å². The highest BCUT2D eigenvalue weighted by Gasteiger charge is 2.77. The molecule has 4 aliphatic rings. The molecule has 47 heavy (non-hydrogen) atoms. The second-order valence-corrected chi connectivity index (χ2v) is 15.0. The Bertz CT molecular complexity index is 2090. The monoisotopic (exact) mass is 780 g/mol. The number of halogens is 4. The molecule has 1 N–H and O–H groups in total. The lowest BCUT2D eigenvalue weighted by Crippen LogP contribution is -2.60. The van der Waals surface area contributed by atoms with Gasteiger partial charge in [-0.25, -0.2) is 9.29 Å². The molecule has 1 saturated carbocycles. The Morgan fingerprint density at radius 1 is 0.787 bits per heavy atom. The van der Waals surface area contributed by atoms with Crippen LogP contribution in [0.3, 0.4) is 0 Å². The zero-order chi connectivity index (χ0) is 33.0. The first-order valence-electron chi connectivity index (χ1n) is 15.0. The van der Waals surface area contributed by atoms with Crippen molar-refractivity contribution in [3.05, 3.63) is 112 Å². The van der Waals surface area contributed by atoms with E-state index < -0.39 is 57.0 Å². The SMILES string of the molecule is O=C1C2CC=C3C(CC4(Cl)C(=O)N(c5ccc(F)cc5)C(=O)C4(Cl)C3c3ccc4ccccc4c3O)C2C(=O)N1c1ccc(I)cc1. The van der Waals surface area contributed by atoms with Crippen molar-refractivity contribution >= 4 is 91.6 Å². The lowest BCUT2D eigenvalue weighted by atomic mass is 9.56. The van der Waals surface area contributed by atoms with Crippen molar-refractivity contribution in [2.45, 2.75) is 28.5 Å². The van der Waals surface area contributed by atoms with Crippen LogP contribution in [0, 0.1) is 27.1 Å². The lowest BCUT2D eigenvalue weighted by Gasteiger charge is -2.50. The minimum Gasteiger partial charge on any atom is -0.507 e. The van der Waals surface area contributed by atoms with Crippen LogP contribution in [0.5, 0.6) is 5.75 Å². The van der Waals surface area contributed by atoms with Crippen LogP contribution in [-0.4, -0.2) is 38.5 Å². The summed E-state index contributed by atoms with van der Waals surface area (Å²) in [6.07, 6.45) is 1.81. The van der Waals surface area contributed by atoms with Gasteiger partial charge < -0.3 is 5.11 Å². The molecule has 2 saturated heterocycles. The maximum Gasteiger partial charge on any atom is 0.258 e. The van der Waals surface area contributed by atoms with Gasteiger partial charge in [-0.2, -0.15) is 0 Å². The molecular weight excluding hydrogens is 757 g/mol. The number of benzene rings is 4. The Balaban J connectivity index is 1.33. The number of anilines is 2. The predicted molar refractivity (Wildman–Crippen MR) is 184 cm³/mol. The zero-order valence-corrected chi connectivity index (χ0v) is 28.0. The number of alkyl halides is 2. The summed E-state index contributed by atoms with van der Waals surface area (Å²) in [5, 5.41) is 13.0. The summed E-state index contributed by atoms with van der Waals surface area (Å²) in [6.45, 7) is 0. The molecule has 4 aromatic carbocycles. The number of nitrogens with zero attached hydrogens (tertiary/aromatic N) is 2. The number of carbonyl (C=O) groups is 4. The van der Waals surface area contributed by atoms with Crippen molar-refractivity contribution in [1.29, 1.82) is 0 Å². The van der Waals surface area contributed by atoms with Crippen LogP contribution < -0.4 is 9.80 Å². The number of hydrogen-bond donors (Lipinski definition) is 1. The molecule has 0 aromatic heterocycles. The summed E-state index contributed by atoms with van der Waals surface area (Å²) in [6, 6.07) is 22.5. The van der Waals surface area contributed by atoms with Gasteiger partial charge in [0, 0.05) is 20.4 Å². The molecule has 4 amide bonds. The molecule has 2 heterocycles. The predicted octanol–water partition coefficient (Wildman–Crippen LogP) is 7.06. The second kappa shape index (κ2) is 10.6. The summed E-state index contributed by atoms with van der Waals surface area (Å²) in [5.74, 6) is -6.62. The van der Waals surface area contributed by atoms with Gasteiger partial charge in [0.05, 0.1) is 23.2 Å². The van der Waals surface area contributed by atoms with Crippen molar-refractivity contribution in [3.63, 3.8) is 0 Å². The molecule has 6 atom stereocenters. The number of aromatic hydroxyl groups is 1. The Morgan fingerprint density at radius 3 is 2.17 bits per heavy atom. The van der Waals surface area contributed by atoms with E-state index in [9.17, 15) is 28.7 Å². The molecule has 8 rings (SSSR count). The molecule has 2 aliphatic heterocycles. The average molecular weight is 781 g/mol. The molecule has 0 spiro atoms. The highest BCUT2D eigenvalue weighted by atomic mass is 127. The van der Waals surface area contributed by atoms with Gasteiger partial charge in [-0.1, -0.05) is 48.0 Å². The highest BCUT2D eigenvalue weighted by molar-refractivity contribution is 14.1. The minimum atomic E-state index is -2.14. The average Bonchev–Trinajstić information content (AvgIpc) is 3.40. The van der Waals surface area contributed by atoms with E-state index >= 15 is 0 Å². The van der Waals surface area contributed by atoms with Crippen LogP contribution in [0.1, 0.15) is 24.3 Å². The van der Waals surface area contributed by atoms with E-state index in [1.807, 2.05) is 30.3 Å². The van der Waals surface area contributed by atoms with Crippen molar-refractivity contribution in [2.75, 3.05) is 9.80 Å². The fraction of sp³-hybridized carbons (Fsp3) is 0.222. The third kappa shape index (κ3) is 4.09. The highest BCUT2D eigenvalue weighted by Crippen LogP contribution is 2.66. The molecule has 0 radical (unpaired) electrons. The third-order valence-electron chi connectivity index (χ3n) is 10.2. The van der Waals surface area contributed by atoms with Crippen LogP contribution in [0.4, 0.5) is 15.8 Å². The maximum atomic E-state index is 14.6. The Labute approximate surface area is 292 Å². The number of fused-ring (bicyclic) bond motifs is 5. The van der Waals surface area contributed by atoms with Gasteiger partial charge in [0.2, 0.25) is 11.8 Å². The Kier molecular flexibility index (Phi) is 6.89.